The maximum absolute atomic E-state index is 12.1. The Bertz CT molecular complexity index is 446. The van der Waals surface area contributed by atoms with E-state index < -0.39 is 0 Å². The fraction of sp³-hybridized carbons (Fsp3) is 0.273. The van der Waals surface area contributed by atoms with Crippen LogP contribution in [0.5, 0.6) is 0 Å². The molecule has 4 nitrogen and oxygen atoms in total. The summed E-state index contributed by atoms with van der Waals surface area (Å²) in [6, 6.07) is 9.85. The quantitative estimate of drug-likeness (QED) is 0.792. The first-order valence-corrected chi connectivity index (χ1v) is 6.08. The van der Waals surface area contributed by atoms with Gasteiger partial charge >= 0.3 is 0 Å². The molecular weight excluding hydrogens is 222 g/mol. The third-order valence-corrected chi connectivity index (χ3v) is 3.90. The zero-order valence-electron chi connectivity index (χ0n) is 8.59. The summed E-state index contributed by atoms with van der Waals surface area (Å²) < 4.78 is 0. The summed E-state index contributed by atoms with van der Waals surface area (Å²) in [4.78, 5) is 13.9. The van der Waals surface area contributed by atoms with Crippen molar-refractivity contribution < 1.29 is 4.79 Å². The van der Waals surface area contributed by atoms with Crippen LogP contribution in [0.15, 0.2) is 35.4 Å². The van der Waals surface area contributed by atoms with Gasteiger partial charge in [-0.3, -0.25) is 9.69 Å². The van der Waals surface area contributed by atoms with Gasteiger partial charge in [0.15, 0.2) is 5.17 Å². The highest BCUT2D eigenvalue weighted by atomic mass is 32.2. The van der Waals surface area contributed by atoms with Crippen LogP contribution in [0, 0.1) is 0 Å². The lowest BCUT2D eigenvalue weighted by molar-refractivity contribution is -0.126. The summed E-state index contributed by atoms with van der Waals surface area (Å²) in [6.07, 6.45) is 0. The standard InChI is InChI=1S/C11H11N3OS/c15-10-9(8-4-2-1-3-5-8)16-11-13-12-6-7-14(10)11/h1-5,9,12H,6-7H2. The van der Waals surface area contributed by atoms with E-state index in [1.807, 2.05) is 30.3 Å². The van der Waals surface area contributed by atoms with Gasteiger partial charge in [-0.25, -0.2) is 0 Å². The Morgan fingerprint density at radius 3 is 2.94 bits per heavy atom. The third-order valence-electron chi connectivity index (χ3n) is 2.67. The van der Waals surface area contributed by atoms with E-state index in [0.29, 0.717) is 6.54 Å². The van der Waals surface area contributed by atoms with Crippen molar-refractivity contribution in [1.82, 2.24) is 10.3 Å². The maximum Gasteiger partial charge on any atom is 0.246 e. The molecule has 2 heterocycles. The fourth-order valence-corrected chi connectivity index (χ4v) is 3.03. The van der Waals surface area contributed by atoms with Crippen LogP contribution in [0.4, 0.5) is 0 Å². The van der Waals surface area contributed by atoms with E-state index in [1.54, 1.807) is 4.90 Å². The SMILES string of the molecule is O=C1C(c2ccccc2)SC2=NNCCN12. The van der Waals surface area contributed by atoms with E-state index in [2.05, 4.69) is 10.5 Å². The van der Waals surface area contributed by atoms with Gasteiger partial charge in [0.2, 0.25) is 5.91 Å². The Kier molecular flexibility index (Phi) is 2.32. The predicted octanol–water partition coefficient (Wildman–Crippen LogP) is 1.18. The monoisotopic (exact) mass is 233 g/mol. The summed E-state index contributed by atoms with van der Waals surface area (Å²) in [6.45, 7) is 1.45. The molecule has 1 aromatic rings. The fourth-order valence-electron chi connectivity index (χ4n) is 1.87. The number of fused-ring (bicyclic) bond motifs is 1. The third kappa shape index (κ3) is 1.48. The van der Waals surface area contributed by atoms with Crippen LogP contribution in [0.3, 0.4) is 0 Å². The normalized spacial score (nSPS) is 23.8. The lowest BCUT2D eigenvalue weighted by Gasteiger charge is -2.19. The first-order valence-electron chi connectivity index (χ1n) is 5.20. The molecule has 0 saturated carbocycles. The first kappa shape index (κ1) is 9.72. The molecule has 2 aliphatic rings. The average Bonchev–Trinajstić information content (AvgIpc) is 2.69. The molecule has 82 valence electrons. The van der Waals surface area contributed by atoms with E-state index in [0.717, 1.165) is 17.3 Å². The summed E-state index contributed by atoms with van der Waals surface area (Å²) >= 11 is 1.52. The number of carbonyl (C=O) groups is 1. The van der Waals surface area contributed by atoms with E-state index >= 15 is 0 Å². The van der Waals surface area contributed by atoms with E-state index in [9.17, 15) is 4.79 Å². The Hall–Kier alpha value is -1.49. The van der Waals surface area contributed by atoms with Crippen LogP contribution in [0.2, 0.25) is 0 Å². The molecule has 0 radical (unpaired) electrons. The summed E-state index contributed by atoms with van der Waals surface area (Å²) in [7, 11) is 0. The minimum atomic E-state index is -0.125. The molecule has 1 saturated heterocycles. The van der Waals surface area contributed by atoms with E-state index in [4.69, 9.17) is 0 Å². The molecule has 2 aliphatic heterocycles. The minimum Gasteiger partial charge on any atom is -0.306 e. The molecule has 1 N–H and O–H groups in total. The Balaban J connectivity index is 1.92. The molecule has 0 spiro atoms. The van der Waals surface area contributed by atoms with Crippen molar-refractivity contribution in [2.45, 2.75) is 5.25 Å². The molecule has 1 unspecified atom stereocenters. The molecule has 1 fully saturated rings. The smallest absolute Gasteiger partial charge is 0.246 e. The van der Waals surface area contributed by atoms with Gasteiger partial charge in [0, 0.05) is 6.54 Å². The topological polar surface area (TPSA) is 44.7 Å². The number of hydrogen-bond acceptors (Lipinski definition) is 4. The Labute approximate surface area is 97.7 Å². The number of benzene rings is 1. The number of amidine groups is 1. The molecule has 1 amide bonds. The van der Waals surface area contributed by atoms with Crippen molar-refractivity contribution in [1.29, 1.82) is 0 Å². The lowest BCUT2D eigenvalue weighted by Crippen LogP contribution is -2.40. The second kappa shape index (κ2) is 3.83. The molecule has 3 rings (SSSR count). The lowest BCUT2D eigenvalue weighted by atomic mass is 10.1. The second-order valence-electron chi connectivity index (χ2n) is 3.70. The van der Waals surface area contributed by atoms with Crippen LogP contribution >= 0.6 is 11.8 Å². The van der Waals surface area contributed by atoms with Crippen LogP contribution in [-0.4, -0.2) is 29.1 Å². The molecule has 16 heavy (non-hydrogen) atoms. The van der Waals surface area contributed by atoms with Gasteiger partial charge in [-0.15, -0.1) is 0 Å². The summed E-state index contributed by atoms with van der Waals surface area (Å²) in [5, 5.41) is 4.82. The Morgan fingerprint density at radius 2 is 2.19 bits per heavy atom. The van der Waals surface area contributed by atoms with Gasteiger partial charge in [0.25, 0.3) is 0 Å². The zero-order chi connectivity index (χ0) is 11.0. The maximum atomic E-state index is 12.1. The second-order valence-corrected chi connectivity index (χ2v) is 4.77. The van der Waals surface area contributed by atoms with Crippen molar-refractivity contribution in [3.8, 4) is 0 Å². The number of rotatable bonds is 1. The van der Waals surface area contributed by atoms with Gasteiger partial charge in [-0.2, -0.15) is 5.10 Å². The number of amides is 1. The van der Waals surface area contributed by atoms with Crippen LogP contribution in [0.25, 0.3) is 0 Å². The van der Waals surface area contributed by atoms with Crippen LogP contribution in [-0.2, 0) is 4.79 Å². The zero-order valence-corrected chi connectivity index (χ0v) is 9.41. The molecule has 1 aromatic carbocycles. The number of thioether (sulfide) groups is 1. The van der Waals surface area contributed by atoms with Crippen LogP contribution in [0.1, 0.15) is 10.8 Å². The number of carbonyl (C=O) groups excluding carboxylic acids is 1. The van der Waals surface area contributed by atoms with Crippen molar-refractivity contribution in [2.75, 3.05) is 13.1 Å². The summed E-state index contributed by atoms with van der Waals surface area (Å²) in [5.41, 5.74) is 3.97. The molecule has 5 heteroatoms. The minimum absolute atomic E-state index is 0.125. The van der Waals surface area contributed by atoms with Crippen molar-refractivity contribution in [3.63, 3.8) is 0 Å². The van der Waals surface area contributed by atoms with Gasteiger partial charge in [0.1, 0.15) is 5.25 Å². The van der Waals surface area contributed by atoms with E-state index in [1.165, 1.54) is 11.8 Å². The highest BCUT2D eigenvalue weighted by Gasteiger charge is 2.39. The average molecular weight is 233 g/mol. The molecule has 0 aliphatic carbocycles. The highest BCUT2D eigenvalue weighted by Crippen LogP contribution is 2.39. The molecular formula is C11H11N3OS. The van der Waals surface area contributed by atoms with Crippen LogP contribution < -0.4 is 5.43 Å². The predicted molar refractivity (Wildman–Crippen MR) is 63.9 cm³/mol. The van der Waals surface area contributed by atoms with Crippen molar-refractivity contribution in [3.05, 3.63) is 35.9 Å². The number of nitrogens with zero attached hydrogens (tertiary/aromatic N) is 2. The van der Waals surface area contributed by atoms with Crippen molar-refractivity contribution in [2.24, 2.45) is 5.10 Å². The van der Waals surface area contributed by atoms with Gasteiger partial charge in [-0.1, -0.05) is 42.1 Å². The van der Waals surface area contributed by atoms with Gasteiger partial charge in [-0.05, 0) is 5.56 Å². The largest absolute Gasteiger partial charge is 0.306 e. The molecule has 0 aromatic heterocycles. The number of hydrogen-bond donors (Lipinski definition) is 1. The molecule has 1 atom stereocenters. The van der Waals surface area contributed by atoms with E-state index in [-0.39, 0.29) is 11.2 Å². The van der Waals surface area contributed by atoms with Gasteiger partial charge in [0.05, 0.1) is 6.54 Å². The Morgan fingerprint density at radius 1 is 1.38 bits per heavy atom. The summed E-state index contributed by atoms with van der Waals surface area (Å²) in [5.74, 6) is 0.149. The van der Waals surface area contributed by atoms with Crippen molar-refractivity contribution >= 4 is 22.8 Å². The molecule has 0 bridgehead atoms. The number of nitrogens with one attached hydrogen (secondary N) is 1. The van der Waals surface area contributed by atoms with Gasteiger partial charge < -0.3 is 5.43 Å². The highest BCUT2D eigenvalue weighted by molar-refractivity contribution is 8.15. The number of hydrazone groups is 1. The first-order chi connectivity index (χ1) is 7.86.